The Morgan fingerprint density at radius 2 is 1.72 bits per heavy atom. The molecule has 32 heavy (non-hydrogen) atoms. The molecule has 2 saturated heterocycles. The van der Waals surface area contributed by atoms with E-state index in [9.17, 15) is 9.59 Å². The van der Waals surface area contributed by atoms with Crippen molar-refractivity contribution in [1.29, 1.82) is 0 Å². The summed E-state index contributed by atoms with van der Waals surface area (Å²) in [7, 11) is 0. The Morgan fingerprint density at radius 1 is 0.938 bits per heavy atom. The fraction of sp³-hybridized carbons (Fsp3) is 0.760. The van der Waals surface area contributed by atoms with E-state index in [-0.39, 0.29) is 17.9 Å². The molecule has 0 radical (unpaired) electrons. The third-order valence-electron chi connectivity index (χ3n) is 7.98. The second kappa shape index (κ2) is 9.46. The molecule has 1 aromatic rings. The summed E-state index contributed by atoms with van der Waals surface area (Å²) in [6, 6.07) is 0.0686. The van der Waals surface area contributed by atoms with Crippen molar-refractivity contribution in [1.82, 2.24) is 19.8 Å². The van der Waals surface area contributed by atoms with E-state index < -0.39 is 0 Å². The predicted molar refractivity (Wildman–Crippen MR) is 123 cm³/mol. The van der Waals surface area contributed by atoms with Gasteiger partial charge < -0.3 is 4.90 Å². The lowest BCUT2D eigenvalue weighted by Crippen LogP contribution is -2.41. The molecular weight excluding hydrogens is 402 g/mol. The van der Waals surface area contributed by atoms with E-state index in [1.165, 1.54) is 32.1 Å². The first kappa shape index (κ1) is 21.8. The topological polar surface area (TPSA) is 69.6 Å². The van der Waals surface area contributed by atoms with Gasteiger partial charge in [0.2, 0.25) is 11.8 Å². The molecule has 2 amide bonds. The molecule has 1 aromatic heterocycles. The highest BCUT2D eigenvalue weighted by Crippen LogP contribution is 2.36. The first-order valence-electron chi connectivity index (χ1n) is 12.8. The fourth-order valence-electron chi connectivity index (χ4n) is 6.12. The number of aromatic nitrogens is 2. The van der Waals surface area contributed by atoms with Crippen LogP contribution in [-0.4, -0.2) is 64.3 Å². The zero-order valence-corrected chi connectivity index (χ0v) is 19.5. The number of hydrogen-bond acceptors (Lipinski definition) is 5. The first-order chi connectivity index (χ1) is 15.6. The molecule has 0 bridgehead atoms. The molecule has 1 aliphatic carbocycles. The van der Waals surface area contributed by atoms with Crippen LogP contribution in [0, 0.1) is 12.8 Å². The van der Waals surface area contributed by atoms with Gasteiger partial charge in [0.15, 0.2) is 0 Å². The van der Waals surface area contributed by atoms with Crippen molar-refractivity contribution in [2.45, 2.75) is 83.6 Å². The smallest absolute Gasteiger partial charge is 0.236 e. The second-order valence-corrected chi connectivity index (χ2v) is 10.2. The van der Waals surface area contributed by atoms with Gasteiger partial charge in [0.05, 0.1) is 12.6 Å². The van der Waals surface area contributed by atoms with Crippen molar-refractivity contribution in [3.8, 4) is 0 Å². The fourth-order valence-corrected chi connectivity index (χ4v) is 6.12. The summed E-state index contributed by atoms with van der Waals surface area (Å²) in [4.78, 5) is 41.9. The van der Waals surface area contributed by atoms with E-state index >= 15 is 0 Å². The molecule has 1 saturated carbocycles. The van der Waals surface area contributed by atoms with Crippen molar-refractivity contribution in [2.24, 2.45) is 5.92 Å². The number of aryl methyl sites for hydroxylation is 1. The summed E-state index contributed by atoms with van der Waals surface area (Å²) < 4.78 is 0. The van der Waals surface area contributed by atoms with E-state index in [4.69, 9.17) is 9.97 Å². The molecule has 0 N–H and O–H groups in total. The van der Waals surface area contributed by atoms with E-state index in [1.807, 2.05) is 9.80 Å². The van der Waals surface area contributed by atoms with Crippen LogP contribution >= 0.6 is 0 Å². The van der Waals surface area contributed by atoms with Crippen molar-refractivity contribution in [3.05, 3.63) is 17.1 Å². The van der Waals surface area contributed by atoms with Gasteiger partial charge in [0.25, 0.3) is 0 Å². The molecule has 7 nitrogen and oxygen atoms in total. The molecule has 0 spiro atoms. The lowest BCUT2D eigenvalue weighted by atomic mass is 9.88. The lowest BCUT2D eigenvalue weighted by molar-refractivity contribution is -0.131. The highest BCUT2D eigenvalue weighted by atomic mass is 16.2. The van der Waals surface area contributed by atoms with Gasteiger partial charge in [-0.2, -0.15) is 0 Å². The monoisotopic (exact) mass is 439 g/mol. The molecular formula is C25H37N5O2. The summed E-state index contributed by atoms with van der Waals surface area (Å²) >= 11 is 0. The normalized spacial score (nSPS) is 24.9. The molecule has 174 valence electrons. The van der Waals surface area contributed by atoms with Gasteiger partial charge in [-0.3, -0.25) is 19.4 Å². The molecule has 1 atom stereocenters. The van der Waals surface area contributed by atoms with Gasteiger partial charge >= 0.3 is 0 Å². The van der Waals surface area contributed by atoms with Crippen molar-refractivity contribution >= 4 is 17.6 Å². The zero-order valence-electron chi connectivity index (χ0n) is 19.5. The van der Waals surface area contributed by atoms with Crippen LogP contribution in [0.2, 0.25) is 0 Å². The van der Waals surface area contributed by atoms with Crippen LogP contribution in [0.1, 0.15) is 87.3 Å². The number of carbonyl (C=O) groups is 2. The Bertz CT molecular complexity index is 860. The van der Waals surface area contributed by atoms with Gasteiger partial charge in [-0.05, 0) is 64.3 Å². The maximum atomic E-state index is 12.9. The number of nitrogens with zero attached hydrogens (tertiary/aromatic N) is 5. The molecule has 0 aromatic carbocycles. The number of rotatable bonds is 5. The number of likely N-dealkylation sites (tertiary alicyclic amines) is 2. The van der Waals surface area contributed by atoms with Crippen LogP contribution < -0.4 is 4.90 Å². The highest BCUT2D eigenvalue weighted by Gasteiger charge is 2.35. The van der Waals surface area contributed by atoms with E-state index in [2.05, 4.69) is 11.8 Å². The standard InChI is InChI=1S/C25H37N5O2/c1-18-20-11-12-22(31)30(16-19-8-3-2-4-9-19)25(20)27-24(26-18)21-10-7-15-29(21)17-23(32)28-13-5-6-14-28/h19,21H,2-17H2,1H3/t21-/m0/s1. The van der Waals surface area contributed by atoms with Gasteiger partial charge in [-0.1, -0.05) is 19.3 Å². The van der Waals surface area contributed by atoms with Crippen LogP contribution in [0.15, 0.2) is 0 Å². The first-order valence-corrected chi connectivity index (χ1v) is 12.8. The van der Waals surface area contributed by atoms with Gasteiger partial charge in [0.1, 0.15) is 11.6 Å². The second-order valence-electron chi connectivity index (χ2n) is 10.2. The summed E-state index contributed by atoms with van der Waals surface area (Å²) in [5.41, 5.74) is 2.14. The Kier molecular flexibility index (Phi) is 6.44. The quantitative estimate of drug-likeness (QED) is 0.703. The number of hydrogen-bond donors (Lipinski definition) is 0. The Morgan fingerprint density at radius 3 is 2.50 bits per heavy atom. The van der Waals surface area contributed by atoms with Crippen LogP contribution in [0.4, 0.5) is 5.82 Å². The number of anilines is 1. The molecule has 3 aliphatic heterocycles. The van der Waals surface area contributed by atoms with Gasteiger partial charge in [-0.25, -0.2) is 9.97 Å². The molecule has 5 rings (SSSR count). The average molecular weight is 440 g/mol. The van der Waals surface area contributed by atoms with Crippen molar-refractivity contribution in [3.63, 3.8) is 0 Å². The molecule has 4 heterocycles. The molecule has 3 fully saturated rings. The third kappa shape index (κ3) is 4.41. The predicted octanol–water partition coefficient (Wildman–Crippen LogP) is 3.40. The van der Waals surface area contributed by atoms with Crippen molar-refractivity contribution in [2.75, 3.05) is 37.6 Å². The SMILES string of the molecule is Cc1nc([C@@H]2CCCN2CC(=O)N2CCCC2)nc2c1CCC(=O)N2CC1CCCCC1. The van der Waals surface area contributed by atoms with E-state index in [0.29, 0.717) is 18.9 Å². The zero-order chi connectivity index (χ0) is 22.1. The maximum Gasteiger partial charge on any atom is 0.236 e. The number of amides is 2. The molecule has 7 heteroatoms. The Balaban J connectivity index is 1.38. The van der Waals surface area contributed by atoms with Crippen molar-refractivity contribution < 1.29 is 9.59 Å². The minimum Gasteiger partial charge on any atom is -0.342 e. The highest BCUT2D eigenvalue weighted by molar-refractivity contribution is 5.95. The van der Waals surface area contributed by atoms with Gasteiger partial charge in [0, 0.05) is 37.3 Å². The van der Waals surface area contributed by atoms with Crippen LogP contribution in [-0.2, 0) is 16.0 Å². The number of carbonyl (C=O) groups excluding carboxylic acids is 2. The Labute approximate surface area is 191 Å². The van der Waals surface area contributed by atoms with Crippen LogP contribution in [0.5, 0.6) is 0 Å². The Hall–Kier alpha value is -2.02. The minimum atomic E-state index is 0.0686. The number of fused-ring (bicyclic) bond motifs is 1. The average Bonchev–Trinajstić information content (AvgIpc) is 3.49. The molecule has 0 unspecified atom stereocenters. The van der Waals surface area contributed by atoms with Gasteiger partial charge in [-0.15, -0.1) is 0 Å². The van der Waals surface area contributed by atoms with Crippen LogP contribution in [0.3, 0.4) is 0 Å². The van der Waals surface area contributed by atoms with E-state index in [1.54, 1.807) is 0 Å². The summed E-state index contributed by atoms with van der Waals surface area (Å²) in [5, 5.41) is 0. The molecule has 4 aliphatic rings. The lowest BCUT2D eigenvalue weighted by Gasteiger charge is -2.34. The third-order valence-corrected chi connectivity index (χ3v) is 7.98. The summed E-state index contributed by atoms with van der Waals surface area (Å²) in [6.07, 6.45) is 11.9. The van der Waals surface area contributed by atoms with Crippen LogP contribution in [0.25, 0.3) is 0 Å². The van der Waals surface area contributed by atoms with E-state index in [0.717, 1.165) is 81.2 Å². The summed E-state index contributed by atoms with van der Waals surface area (Å²) in [5.74, 6) is 2.68. The minimum absolute atomic E-state index is 0.0686. The largest absolute Gasteiger partial charge is 0.342 e. The maximum absolute atomic E-state index is 12.9. The summed E-state index contributed by atoms with van der Waals surface area (Å²) in [6.45, 7) is 6.01.